The third kappa shape index (κ3) is 7.99. The predicted molar refractivity (Wildman–Crippen MR) is 118 cm³/mol. The number of hydrogen-bond donors (Lipinski definition) is 1. The molecule has 0 fully saturated rings. The molecule has 0 aliphatic carbocycles. The fraction of sp³-hybridized carbons (Fsp3) is 0.571. The molecule has 1 aromatic carbocycles. The maximum atomic E-state index is 13.0. The summed E-state index contributed by atoms with van der Waals surface area (Å²) in [5, 5.41) is 2.55. The van der Waals surface area contributed by atoms with E-state index in [2.05, 4.69) is 26.2 Å². The van der Waals surface area contributed by atoms with Gasteiger partial charge in [-0.3, -0.25) is 4.79 Å². The van der Waals surface area contributed by atoms with Gasteiger partial charge in [-0.1, -0.05) is 6.07 Å². The van der Waals surface area contributed by atoms with Gasteiger partial charge in [0.2, 0.25) is 0 Å². The number of nitrogens with one attached hydrogen (secondary N) is 1. The zero-order valence-corrected chi connectivity index (χ0v) is 19.9. The highest BCUT2D eigenvalue weighted by Gasteiger charge is 2.42. The molecule has 0 aliphatic heterocycles. The molecule has 0 spiro atoms. The number of alkyl halides is 3. The van der Waals surface area contributed by atoms with Crippen molar-refractivity contribution in [1.29, 1.82) is 0 Å². The summed E-state index contributed by atoms with van der Waals surface area (Å²) in [7, 11) is 0. The number of rotatable bonds is 9. The number of ether oxygens (including phenoxy) is 1. The zero-order chi connectivity index (χ0) is 23.9. The lowest BCUT2D eigenvalue weighted by Crippen LogP contribution is -2.42. The van der Waals surface area contributed by atoms with Gasteiger partial charge in [-0.15, -0.1) is 0 Å². The van der Waals surface area contributed by atoms with Crippen LogP contribution in [0.5, 0.6) is 0 Å². The second-order valence-electron chi connectivity index (χ2n) is 8.32. The Morgan fingerprint density at radius 2 is 1.84 bits per heavy atom. The highest BCUT2D eigenvalue weighted by atomic mass is 79.9. The molecule has 2 rings (SSSR count). The first-order valence-electron chi connectivity index (χ1n) is 10.3. The van der Waals surface area contributed by atoms with Gasteiger partial charge >= 0.3 is 18.2 Å². The summed E-state index contributed by atoms with van der Waals surface area (Å²) < 4.78 is 46.8. The lowest BCUT2D eigenvalue weighted by Gasteiger charge is -2.24. The van der Waals surface area contributed by atoms with E-state index in [0.29, 0.717) is 25.8 Å². The Hall–Kier alpha value is -2.30. The smallest absolute Gasteiger partial charge is 0.444 e. The van der Waals surface area contributed by atoms with Gasteiger partial charge in [0.1, 0.15) is 5.60 Å². The number of para-hydroxylation sites is 1. The number of carbonyl (C=O) groups excluding carboxylic acids is 2. The van der Waals surface area contributed by atoms with Crippen molar-refractivity contribution in [2.75, 3.05) is 19.6 Å². The average molecular weight is 521 g/mol. The monoisotopic (exact) mass is 520 g/mol. The lowest BCUT2D eigenvalue weighted by molar-refractivity contribution is -0.185. The van der Waals surface area contributed by atoms with E-state index in [1.165, 1.54) is 0 Å². The number of unbranched alkanes of at least 4 members (excludes halogenated alkanes) is 1. The zero-order valence-electron chi connectivity index (χ0n) is 18.3. The highest BCUT2D eigenvalue weighted by Crippen LogP contribution is 2.23. The number of aryl methyl sites for hydroxylation is 1. The molecule has 2 amide bonds. The molecule has 1 heterocycles. The van der Waals surface area contributed by atoms with Crippen molar-refractivity contribution in [3.8, 4) is 0 Å². The number of imidazole rings is 1. The minimum atomic E-state index is -4.93. The van der Waals surface area contributed by atoms with Crippen LogP contribution in [0.4, 0.5) is 18.0 Å². The maximum Gasteiger partial charge on any atom is 0.471 e. The lowest BCUT2D eigenvalue weighted by atomic mass is 10.2. The highest BCUT2D eigenvalue weighted by molar-refractivity contribution is 9.10. The van der Waals surface area contributed by atoms with Crippen LogP contribution in [-0.2, 0) is 16.1 Å². The van der Waals surface area contributed by atoms with E-state index in [1.807, 2.05) is 22.8 Å². The van der Waals surface area contributed by atoms with Crippen molar-refractivity contribution < 1.29 is 27.5 Å². The van der Waals surface area contributed by atoms with Crippen LogP contribution >= 0.6 is 15.9 Å². The van der Waals surface area contributed by atoms with Gasteiger partial charge in [-0.2, -0.15) is 13.2 Å². The Labute approximate surface area is 193 Å². The molecule has 1 N–H and O–H groups in total. The van der Waals surface area contributed by atoms with Crippen LogP contribution in [0, 0.1) is 0 Å². The summed E-state index contributed by atoms with van der Waals surface area (Å²) >= 11 is 3.46. The molecule has 0 bridgehead atoms. The van der Waals surface area contributed by atoms with Crippen molar-refractivity contribution >= 4 is 39.0 Å². The number of fused-ring (bicyclic) bond motifs is 1. The van der Waals surface area contributed by atoms with Crippen molar-refractivity contribution in [2.45, 2.75) is 58.4 Å². The van der Waals surface area contributed by atoms with Gasteiger partial charge in [0, 0.05) is 30.7 Å². The standard InChI is InChI=1S/C21H28BrF3N4O3/c1-20(2,3)32-19(31)26-10-4-5-11-28(18(30)21(23,24)25)12-7-13-29-14-27-16-9-6-8-15(22)17(16)29/h6,8-9,14H,4-5,7,10-13H2,1-3H3,(H,26,31). The SMILES string of the molecule is CC(C)(C)OC(=O)NCCCCN(CCCn1cnc2cccc(Br)c21)C(=O)C(F)(F)F. The van der Waals surface area contributed by atoms with E-state index < -0.39 is 23.8 Å². The number of nitrogens with zero attached hydrogens (tertiary/aromatic N) is 3. The third-order valence-electron chi connectivity index (χ3n) is 4.47. The third-order valence-corrected chi connectivity index (χ3v) is 5.11. The van der Waals surface area contributed by atoms with E-state index >= 15 is 0 Å². The van der Waals surface area contributed by atoms with Crippen LogP contribution in [0.2, 0.25) is 0 Å². The largest absolute Gasteiger partial charge is 0.471 e. The van der Waals surface area contributed by atoms with Crippen molar-refractivity contribution in [1.82, 2.24) is 19.8 Å². The molecule has 7 nitrogen and oxygen atoms in total. The summed E-state index contributed by atoms with van der Waals surface area (Å²) in [6.07, 6.45) is -2.81. The minimum absolute atomic E-state index is 0.0397. The summed E-state index contributed by atoms with van der Waals surface area (Å²) in [6, 6.07) is 5.57. The Kier molecular flexibility index (Phi) is 8.94. The average Bonchev–Trinajstić information content (AvgIpc) is 3.08. The second-order valence-corrected chi connectivity index (χ2v) is 9.18. The topological polar surface area (TPSA) is 76.5 Å². The van der Waals surface area contributed by atoms with Crippen molar-refractivity contribution in [3.05, 3.63) is 29.0 Å². The van der Waals surface area contributed by atoms with E-state index in [9.17, 15) is 22.8 Å². The molecule has 0 aliphatic rings. The first kappa shape index (κ1) is 26.0. The molecule has 0 unspecified atom stereocenters. The van der Waals surface area contributed by atoms with Crippen LogP contribution in [0.1, 0.15) is 40.0 Å². The van der Waals surface area contributed by atoms with Gasteiger partial charge in [0.15, 0.2) is 0 Å². The molecule has 0 saturated heterocycles. The maximum absolute atomic E-state index is 13.0. The summed E-state index contributed by atoms with van der Waals surface area (Å²) in [6.45, 7) is 5.78. The molecule has 178 valence electrons. The van der Waals surface area contributed by atoms with Crippen LogP contribution < -0.4 is 5.32 Å². The van der Waals surface area contributed by atoms with Gasteiger partial charge in [0.05, 0.1) is 17.4 Å². The molecule has 0 atom stereocenters. The van der Waals surface area contributed by atoms with Crippen LogP contribution in [0.25, 0.3) is 11.0 Å². The number of halogens is 4. The number of alkyl carbamates (subject to hydrolysis) is 1. The van der Waals surface area contributed by atoms with Crippen molar-refractivity contribution in [3.63, 3.8) is 0 Å². The van der Waals surface area contributed by atoms with Gasteiger partial charge < -0.3 is 19.5 Å². The van der Waals surface area contributed by atoms with Crippen LogP contribution in [-0.4, -0.2) is 57.9 Å². The molecule has 1 aromatic heterocycles. The molecule has 11 heteroatoms. The number of carbonyl (C=O) groups is 2. The van der Waals surface area contributed by atoms with E-state index in [-0.39, 0.29) is 19.6 Å². The quantitative estimate of drug-likeness (QED) is 0.477. The van der Waals surface area contributed by atoms with Crippen LogP contribution in [0.3, 0.4) is 0 Å². The van der Waals surface area contributed by atoms with Gasteiger partial charge in [0.25, 0.3) is 0 Å². The summed E-state index contributed by atoms with van der Waals surface area (Å²) in [4.78, 5) is 28.6. The number of aromatic nitrogens is 2. The first-order valence-corrected chi connectivity index (χ1v) is 11.1. The number of benzene rings is 1. The Morgan fingerprint density at radius 3 is 2.50 bits per heavy atom. The second kappa shape index (κ2) is 11.0. The molecule has 32 heavy (non-hydrogen) atoms. The van der Waals surface area contributed by atoms with E-state index in [4.69, 9.17) is 4.74 Å². The summed E-state index contributed by atoms with van der Waals surface area (Å²) in [5.41, 5.74) is 1.00. The fourth-order valence-electron chi connectivity index (χ4n) is 3.11. The number of amides is 2. The van der Waals surface area contributed by atoms with Crippen LogP contribution in [0.15, 0.2) is 29.0 Å². The van der Waals surface area contributed by atoms with E-state index in [0.717, 1.165) is 20.4 Å². The normalized spacial score (nSPS) is 12.1. The Morgan fingerprint density at radius 1 is 1.16 bits per heavy atom. The predicted octanol–water partition coefficient (Wildman–Crippen LogP) is 4.88. The van der Waals surface area contributed by atoms with Gasteiger partial charge in [-0.25, -0.2) is 9.78 Å². The molecule has 2 aromatic rings. The first-order chi connectivity index (χ1) is 14.9. The fourth-order valence-corrected chi connectivity index (χ4v) is 3.69. The van der Waals surface area contributed by atoms with Crippen molar-refractivity contribution in [2.24, 2.45) is 0 Å². The molecular weight excluding hydrogens is 493 g/mol. The molecule has 0 saturated carbocycles. The van der Waals surface area contributed by atoms with E-state index in [1.54, 1.807) is 27.1 Å². The van der Waals surface area contributed by atoms with Gasteiger partial charge in [-0.05, 0) is 68.1 Å². The molecule has 0 radical (unpaired) electrons. The summed E-state index contributed by atoms with van der Waals surface area (Å²) in [5.74, 6) is -1.85. The minimum Gasteiger partial charge on any atom is -0.444 e. The Balaban J connectivity index is 1.86. The Bertz CT molecular complexity index is 925. The molecular formula is C21H28BrF3N4O3. The number of hydrogen-bond acceptors (Lipinski definition) is 4.